The first-order valence-corrected chi connectivity index (χ1v) is 15.4. The van der Waals surface area contributed by atoms with Gasteiger partial charge < -0.3 is 23.7 Å². The van der Waals surface area contributed by atoms with Crippen LogP contribution in [0.3, 0.4) is 0 Å². The number of rotatable bonds is 6. The topological polar surface area (TPSA) is 74.2 Å². The van der Waals surface area contributed by atoms with E-state index >= 15 is 0 Å². The van der Waals surface area contributed by atoms with Crippen LogP contribution in [0.4, 0.5) is 0 Å². The van der Waals surface area contributed by atoms with E-state index in [2.05, 4.69) is 57.5 Å². The van der Waals surface area contributed by atoms with Crippen molar-refractivity contribution in [1.82, 2.24) is 0 Å². The second-order valence-corrected chi connectivity index (χ2v) is 15.7. The normalized spacial score (nSPS) is 30.2. The Hall–Kier alpha value is -1.61. The van der Waals surface area contributed by atoms with Gasteiger partial charge in [-0.1, -0.05) is 50.5 Å². The van der Waals surface area contributed by atoms with Gasteiger partial charge in [0.1, 0.15) is 18.8 Å². The Morgan fingerprint density at radius 1 is 1.26 bits per heavy atom. The maximum atomic E-state index is 12.7. The third-order valence-electron chi connectivity index (χ3n) is 7.46. The number of carbonyl (C=O) groups is 1. The summed E-state index contributed by atoms with van der Waals surface area (Å²) < 4.78 is 23.9. The van der Waals surface area contributed by atoms with Crippen molar-refractivity contribution in [1.29, 1.82) is 0 Å². The van der Waals surface area contributed by atoms with E-state index in [0.717, 1.165) is 25.9 Å². The van der Waals surface area contributed by atoms with Crippen molar-refractivity contribution < 1.29 is 28.5 Å². The van der Waals surface area contributed by atoms with Crippen LogP contribution < -0.4 is 0 Å². The van der Waals surface area contributed by atoms with Gasteiger partial charge in [-0.05, 0) is 56.3 Å². The first kappa shape index (κ1) is 27.0. The molecule has 3 rings (SSSR count). The molecule has 6 atom stereocenters. The molecular formula is C27H40O6Si. The van der Waals surface area contributed by atoms with E-state index in [1.807, 2.05) is 0 Å². The Morgan fingerprint density at radius 2 is 2.06 bits per heavy atom. The fourth-order valence-corrected chi connectivity index (χ4v) is 5.65. The van der Waals surface area contributed by atoms with Gasteiger partial charge in [-0.25, -0.2) is 0 Å². The SMILES string of the molecule is CC(C)(C)[Si](C)(C)O[C@@H](C#CCOC1CCCCO1)[C@H]1C[C@@H](C#C/C=C/CO)[C@H]2C[C@@H]1C(=O)O2. The van der Waals surface area contributed by atoms with E-state index in [1.165, 1.54) is 0 Å². The summed E-state index contributed by atoms with van der Waals surface area (Å²) in [6, 6.07) is 0. The molecule has 2 aliphatic heterocycles. The summed E-state index contributed by atoms with van der Waals surface area (Å²) in [5.74, 6) is 12.2. The Bertz CT molecular complexity index is 846. The molecule has 1 unspecified atom stereocenters. The summed E-state index contributed by atoms with van der Waals surface area (Å²) in [6.45, 7) is 12.0. The number of esters is 1. The molecule has 34 heavy (non-hydrogen) atoms. The molecule has 6 nitrogen and oxygen atoms in total. The molecular weight excluding hydrogens is 448 g/mol. The minimum Gasteiger partial charge on any atom is -0.461 e. The monoisotopic (exact) mass is 488 g/mol. The summed E-state index contributed by atoms with van der Waals surface area (Å²) in [7, 11) is -2.15. The molecule has 3 aliphatic rings. The van der Waals surface area contributed by atoms with Gasteiger partial charge in [0.05, 0.1) is 18.4 Å². The van der Waals surface area contributed by atoms with Crippen molar-refractivity contribution in [3.8, 4) is 23.7 Å². The highest BCUT2D eigenvalue weighted by Crippen LogP contribution is 2.46. The van der Waals surface area contributed by atoms with E-state index in [4.69, 9.17) is 23.7 Å². The van der Waals surface area contributed by atoms with Crippen LogP contribution in [0, 0.1) is 41.4 Å². The van der Waals surface area contributed by atoms with Gasteiger partial charge in [-0.2, -0.15) is 0 Å². The number of ether oxygens (including phenoxy) is 3. The average Bonchev–Trinajstić information content (AvgIpc) is 3.11. The molecule has 0 aromatic heterocycles. The first-order valence-electron chi connectivity index (χ1n) is 12.5. The lowest BCUT2D eigenvalue weighted by Gasteiger charge is -2.41. The highest BCUT2D eigenvalue weighted by atomic mass is 28.4. The zero-order valence-electron chi connectivity index (χ0n) is 21.3. The lowest BCUT2D eigenvalue weighted by Crippen LogP contribution is -2.48. The van der Waals surface area contributed by atoms with Crippen molar-refractivity contribution in [2.24, 2.45) is 17.8 Å². The number of carbonyl (C=O) groups excluding carboxylic acids is 1. The number of hydrogen-bond acceptors (Lipinski definition) is 6. The maximum absolute atomic E-state index is 12.7. The van der Waals surface area contributed by atoms with Crippen LogP contribution in [0.15, 0.2) is 12.2 Å². The Labute approximate surface area is 205 Å². The van der Waals surface area contributed by atoms with Gasteiger partial charge in [0.2, 0.25) is 0 Å². The van der Waals surface area contributed by atoms with Crippen molar-refractivity contribution in [2.75, 3.05) is 19.8 Å². The number of fused-ring (bicyclic) bond motifs is 2. The molecule has 1 N–H and O–H groups in total. The van der Waals surface area contributed by atoms with Crippen LogP contribution in [-0.4, -0.2) is 57.7 Å². The Morgan fingerprint density at radius 3 is 2.74 bits per heavy atom. The zero-order valence-corrected chi connectivity index (χ0v) is 22.3. The fraction of sp³-hybridized carbons (Fsp3) is 0.741. The minimum absolute atomic E-state index is 0.0149. The lowest BCUT2D eigenvalue weighted by molar-refractivity contribution is -0.154. The molecule has 2 bridgehead atoms. The van der Waals surface area contributed by atoms with Gasteiger partial charge >= 0.3 is 5.97 Å². The van der Waals surface area contributed by atoms with Crippen molar-refractivity contribution in [3.05, 3.63) is 12.2 Å². The van der Waals surface area contributed by atoms with Gasteiger partial charge in [0.15, 0.2) is 14.6 Å². The van der Waals surface area contributed by atoms with E-state index in [9.17, 15) is 4.79 Å². The van der Waals surface area contributed by atoms with Crippen LogP contribution in [0.1, 0.15) is 52.9 Å². The van der Waals surface area contributed by atoms with Crippen molar-refractivity contribution in [2.45, 2.75) is 89.5 Å². The first-order chi connectivity index (χ1) is 16.1. The molecule has 0 aromatic carbocycles. The molecule has 0 spiro atoms. The van der Waals surface area contributed by atoms with Gasteiger partial charge in [0.25, 0.3) is 0 Å². The lowest BCUT2D eigenvalue weighted by atomic mass is 9.72. The highest BCUT2D eigenvalue weighted by molar-refractivity contribution is 6.74. The third-order valence-corrected chi connectivity index (χ3v) is 11.9. The largest absolute Gasteiger partial charge is 0.461 e. The molecule has 2 heterocycles. The van der Waals surface area contributed by atoms with Gasteiger partial charge in [-0.15, -0.1) is 0 Å². The number of allylic oxidation sites excluding steroid dienone is 1. The zero-order chi connectivity index (χ0) is 24.8. The molecule has 1 aliphatic carbocycles. The standard InChI is InChI=1S/C27H40O6Si/c1-27(2,3)34(4,5)33-23(13-11-17-31-25-14-8-10-16-30-25)21-18-20(12-7-6-9-15-28)24-19-22(21)26(29)32-24/h6,9,20-25,28H,8,10,14-19H2,1-5H3/b9-6+/t20-,21+,22+,23+,24-,25?/m1/s1. The molecule has 7 heteroatoms. The summed E-state index contributed by atoms with van der Waals surface area (Å²) in [5.41, 5.74) is 0. The van der Waals surface area contributed by atoms with Crippen LogP contribution in [-0.2, 0) is 23.4 Å². The predicted octanol–water partition coefficient (Wildman–Crippen LogP) is 4.04. The molecule has 1 saturated carbocycles. The van der Waals surface area contributed by atoms with Gasteiger partial charge in [-0.3, -0.25) is 4.79 Å². The summed E-state index contributed by atoms with van der Waals surface area (Å²) >= 11 is 0. The molecule has 188 valence electrons. The van der Waals surface area contributed by atoms with E-state index in [0.29, 0.717) is 12.8 Å². The van der Waals surface area contributed by atoms with Crippen LogP contribution in [0.5, 0.6) is 0 Å². The summed E-state index contributed by atoms with van der Waals surface area (Å²) in [5, 5.41) is 8.96. The third kappa shape index (κ3) is 6.96. The Kier molecular flexibility index (Phi) is 9.43. The second kappa shape index (κ2) is 11.9. The Balaban J connectivity index is 1.80. The maximum Gasteiger partial charge on any atom is 0.309 e. The van der Waals surface area contributed by atoms with E-state index in [-0.39, 0.29) is 60.5 Å². The van der Waals surface area contributed by atoms with Crippen molar-refractivity contribution >= 4 is 14.3 Å². The predicted molar refractivity (Wildman–Crippen MR) is 133 cm³/mol. The number of aliphatic hydroxyl groups excluding tert-OH is 1. The van der Waals surface area contributed by atoms with Gasteiger partial charge in [0, 0.05) is 12.5 Å². The highest BCUT2D eigenvalue weighted by Gasteiger charge is 2.52. The summed E-state index contributed by atoms with van der Waals surface area (Å²) in [4.78, 5) is 12.7. The minimum atomic E-state index is -2.15. The van der Waals surface area contributed by atoms with Crippen molar-refractivity contribution in [3.63, 3.8) is 0 Å². The number of aliphatic hydroxyl groups is 1. The molecule has 0 amide bonds. The quantitative estimate of drug-likeness (QED) is 0.346. The van der Waals surface area contributed by atoms with E-state index < -0.39 is 8.32 Å². The second-order valence-electron chi connectivity index (χ2n) is 10.9. The molecule has 0 radical (unpaired) electrons. The van der Waals surface area contributed by atoms with Crippen LogP contribution >= 0.6 is 0 Å². The molecule has 0 aromatic rings. The smallest absolute Gasteiger partial charge is 0.309 e. The summed E-state index contributed by atoms with van der Waals surface area (Å²) in [6.07, 6.45) is 6.92. The van der Waals surface area contributed by atoms with Crippen LogP contribution in [0.2, 0.25) is 18.1 Å². The van der Waals surface area contributed by atoms with E-state index in [1.54, 1.807) is 12.2 Å². The van der Waals surface area contributed by atoms with Crippen LogP contribution in [0.25, 0.3) is 0 Å². The molecule has 3 fully saturated rings. The average molecular weight is 489 g/mol. The fourth-order valence-electron chi connectivity index (χ4n) is 4.43. The number of hydrogen-bond donors (Lipinski definition) is 1. The molecule has 2 saturated heterocycles.